The van der Waals surface area contributed by atoms with Gasteiger partial charge in [0, 0.05) is 17.0 Å². The number of nitrogens with one attached hydrogen (secondary N) is 1. The summed E-state index contributed by atoms with van der Waals surface area (Å²) in [6.07, 6.45) is 4.60. The highest BCUT2D eigenvalue weighted by atomic mass is 15.1. The van der Waals surface area contributed by atoms with Gasteiger partial charge in [-0.15, -0.1) is 6.58 Å². The second-order valence-electron chi connectivity index (χ2n) is 7.05. The van der Waals surface area contributed by atoms with Crippen LogP contribution in [0.4, 0.5) is 0 Å². The molecule has 1 heteroatoms. The van der Waals surface area contributed by atoms with Gasteiger partial charge in [-0.1, -0.05) is 36.4 Å². The fourth-order valence-electron chi connectivity index (χ4n) is 3.74. The summed E-state index contributed by atoms with van der Waals surface area (Å²) in [5.74, 6) is 1.03. The molecule has 2 atom stereocenters. The Morgan fingerprint density at radius 3 is 2.37 bits per heavy atom. The summed E-state index contributed by atoms with van der Waals surface area (Å²) in [7, 11) is 0. The van der Waals surface area contributed by atoms with Crippen molar-refractivity contribution in [3.05, 3.63) is 48.6 Å². The fraction of sp³-hybridized carbons (Fsp3) is 0.556. The maximum absolute atomic E-state index is 4.09. The van der Waals surface area contributed by atoms with Gasteiger partial charge in [0.05, 0.1) is 0 Å². The molecule has 1 N–H and O–H groups in total. The lowest BCUT2D eigenvalue weighted by Gasteiger charge is -2.50. The lowest BCUT2D eigenvalue weighted by Crippen LogP contribution is -2.60. The second-order valence-corrected chi connectivity index (χ2v) is 7.05. The summed E-state index contributed by atoms with van der Waals surface area (Å²) >= 11 is 0. The molecule has 0 saturated carbocycles. The monoisotopic (exact) mass is 257 g/mol. The Morgan fingerprint density at radius 1 is 1.21 bits per heavy atom. The van der Waals surface area contributed by atoms with Gasteiger partial charge in [0.25, 0.3) is 0 Å². The number of piperidine rings is 1. The van der Waals surface area contributed by atoms with E-state index in [-0.39, 0.29) is 11.1 Å². The van der Waals surface area contributed by atoms with Crippen LogP contribution in [0.2, 0.25) is 0 Å². The predicted octanol–water partition coefficient (Wildman–Crippen LogP) is 4.51. The van der Waals surface area contributed by atoms with Crippen molar-refractivity contribution in [2.75, 3.05) is 0 Å². The number of hydrogen-bond acceptors (Lipinski definition) is 1. The van der Waals surface area contributed by atoms with Crippen molar-refractivity contribution < 1.29 is 0 Å². The van der Waals surface area contributed by atoms with E-state index in [0.717, 1.165) is 0 Å². The first-order valence-corrected chi connectivity index (χ1v) is 7.32. The summed E-state index contributed by atoms with van der Waals surface area (Å²) in [5.41, 5.74) is 1.76. The molecule has 1 aliphatic heterocycles. The van der Waals surface area contributed by atoms with Crippen LogP contribution in [0.5, 0.6) is 0 Å². The zero-order valence-corrected chi connectivity index (χ0v) is 12.7. The van der Waals surface area contributed by atoms with Gasteiger partial charge in [-0.3, -0.25) is 0 Å². The summed E-state index contributed by atoms with van der Waals surface area (Å²) in [5, 5.41) is 3.82. The van der Waals surface area contributed by atoms with Crippen molar-refractivity contribution in [1.29, 1.82) is 0 Å². The van der Waals surface area contributed by atoms with E-state index in [4.69, 9.17) is 0 Å². The second kappa shape index (κ2) is 5.13. The Kier molecular flexibility index (Phi) is 3.87. The standard InChI is InChI=1S/C18H27N/c1-6-15(14-10-8-7-9-11-14)16-12-13-17(2,3)19-18(16,4)5/h6-11,15-16,19H,1,12-13H2,2-5H3. The van der Waals surface area contributed by atoms with Gasteiger partial charge in [0.1, 0.15) is 0 Å². The quantitative estimate of drug-likeness (QED) is 0.785. The smallest absolute Gasteiger partial charge is 0.0167 e. The molecule has 19 heavy (non-hydrogen) atoms. The third kappa shape index (κ3) is 3.09. The fourth-order valence-corrected chi connectivity index (χ4v) is 3.74. The molecule has 0 aromatic heterocycles. The molecule has 0 spiro atoms. The topological polar surface area (TPSA) is 12.0 Å². The van der Waals surface area contributed by atoms with Gasteiger partial charge >= 0.3 is 0 Å². The zero-order chi connectivity index (χ0) is 14.1. The predicted molar refractivity (Wildman–Crippen MR) is 83.4 cm³/mol. The van der Waals surface area contributed by atoms with E-state index in [1.54, 1.807) is 0 Å². The molecule has 1 heterocycles. The van der Waals surface area contributed by atoms with Crippen molar-refractivity contribution in [3.8, 4) is 0 Å². The minimum absolute atomic E-state index is 0.135. The third-order valence-electron chi connectivity index (χ3n) is 4.54. The van der Waals surface area contributed by atoms with Crippen LogP contribution < -0.4 is 5.32 Å². The van der Waals surface area contributed by atoms with Gasteiger partial charge in [0.2, 0.25) is 0 Å². The van der Waals surface area contributed by atoms with Crippen LogP contribution in [-0.4, -0.2) is 11.1 Å². The number of rotatable bonds is 3. The Labute approximate surface area is 118 Å². The van der Waals surface area contributed by atoms with E-state index >= 15 is 0 Å². The van der Waals surface area contributed by atoms with Crippen LogP contribution >= 0.6 is 0 Å². The van der Waals surface area contributed by atoms with E-state index in [1.807, 2.05) is 0 Å². The molecule has 1 aliphatic rings. The SMILES string of the molecule is C=CC(c1ccccc1)C1CCC(C)(C)NC1(C)C. The first kappa shape index (κ1) is 14.3. The van der Waals surface area contributed by atoms with Crippen LogP contribution in [0, 0.1) is 5.92 Å². The lowest BCUT2D eigenvalue weighted by molar-refractivity contribution is 0.103. The van der Waals surface area contributed by atoms with E-state index < -0.39 is 0 Å². The van der Waals surface area contributed by atoms with Crippen molar-refractivity contribution in [2.24, 2.45) is 5.92 Å². The molecule has 0 aliphatic carbocycles. The van der Waals surface area contributed by atoms with Crippen molar-refractivity contribution in [3.63, 3.8) is 0 Å². The number of hydrogen-bond donors (Lipinski definition) is 1. The van der Waals surface area contributed by atoms with Crippen LogP contribution in [-0.2, 0) is 0 Å². The van der Waals surface area contributed by atoms with Gasteiger partial charge in [-0.2, -0.15) is 0 Å². The Balaban J connectivity index is 2.27. The maximum Gasteiger partial charge on any atom is 0.0167 e. The normalized spacial score (nSPS) is 26.6. The molecule has 1 nitrogen and oxygen atoms in total. The van der Waals surface area contributed by atoms with E-state index in [2.05, 4.69) is 76.0 Å². The van der Waals surface area contributed by atoms with Crippen LogP contribution in [0.15, 0.2) is 43.0 Å². The van der Waals surface area contributed by atoms with Crippen molar-refractivity contribution in [1.82, 2.24) is 5.32 Å². The molecule has 1 saturated heterocycles. The number of allylic oxidation sites excluding steroid dienone is 1. The first-order chi connectivity index (χ1) is 8.86. The molecule has 2 unspecified atom stereocenters. The molecule has 1 fully saturated rings. The Hall–Kier alpha value is -1.08. The van der Waals surface area contributed by atoms with Gasteiger partial charge in [-0.05, 0) is 52.0 Å². The minimum Gasteiger partial charge on any atom is -0.307 e. The van der Waals surface area contributed by atoms with E-state index in [1.165, 1.54) is 18.4 Å². The molecular formula is C18H27N. The average Bonchev–Trinajstić information content (AvgIpc) is 2.32. The largest absolute Gasteiger partial charge is 0.307 e. The van der Waals surface area contributed by atoms with Gasteiger partial charge < -0.3 is 5.32 Å². The van der Waals surface area contributed by atoms with Gasteiger partial charge in [0.15, 0.2) is 0 Å². The average molecular weight is 257 g/mol. The Morgan fingerprint density at radius 2 is 1.84 bits per heavy atom. The number of benzene rings is 1. The molecule has 0 radical (unpaired) electrons. The van der Waals surface area contributed by atoms with Crippen LogP contribution in [0.1, 0.15) is 52.0 Å². The minimum atomic E-state index is 0.135. The maximum atomic E-state index is 4.09. The van der Waals surface area contributed by atoms with Crippen molar-refractivity contribution in [2.45, 2.75) is 57.5 Å². The Bertz CT molecular complexity index is 430. The van der Waals surface area contributed by atoms with Gasteiger partial charge in [-0.25, -0.2) is 0 Å². The highest BCUT2D eigenvalue weighted by molar-refractivity contribution is 5.26. The summed E-state index contributed by atoms with van der Waals surface area (Å²) < 4.78 is 0. The molecule has 1 aromatic carbocycles. The third-order valence-corrected chi connectivity index (χ3v) is 4.54. The van der Waals surface area contributed by atoms with E-state index in [9.17, 15) is 0 Å². The van der Waals surface area contributed by atoms with E-state index in [0.29, 0.717) is 11.8 Å². The van der Waals surface area contributed by atoms with Crippen LogP contribution in [0.25, 0.3) is 0 Å². The zero-order valence-electron chi connectivity index (χ0n) is 12.7. The summed E-state index contributed by atoms with van der Waals surface area (Å²) in [4.78, 5) is 0. The van der Waals surface area contributed by atoms with Crippen molar-refractivity contribution >= 4 is 0 Å². The molecule has 2 rings (SSSR count). The highest BCUT2D eigenvalue weighted by Gasteiger charge is 2.42. The highest BCUT2D eigenvalue weighted by Crippen LogP contribution is 2.42. The first-order valence-electron chi connectivity index (χ1n) is 7.32. The molecule has 1 aromatic rings. The van der Waals surface area contributed by atoms with Crippen LogP contribution in [0.3, 0.4) is 0 Å². The lowest BCUT2D eigenvalue weighted by atomic mass is 9.67. The summed E-state index contributed by atoms with van der Waals surface area (Å²) in [6, 6.07) is 10.8. The molecular weight excluding hydrogens is 230 g/mol. The molecule has 0 bridgehead atoms. The summed E-state index contributed by atoms with van der Waals surface area (Å²) in [6.45, 7) is 13.4. The molecule has 0 amide bonds. The molecule has 104 valence electrons.